The van der Waals surface area contributed by atoms with Crippen LogP contribution in [0.25, 0.3) is 0 Å². The molecule has 0 fully saturated rings. The van der Waals surface area contributed by atoms with E-state index in [4.69, 9.17) is 5.11 Å². The normalized spacial score (nSPS) is 9.75. The van der Waals surface area contributed by atoms with Crippen molar-refractivity contribution < 1.29 is 9.90 Å². The predicted octanol–water partition coefficient (Wildman–Crippen LogP) is 1.04. The highest BCUT2D eigenvalue weighted by Crippen LogP contribution is 2.10. The number of aromatic nitrogens is 2. The molecule has 0 spiro atoms. The second kappa shape index (κ2) is 4.06. The van der Waals surface area contributed by atoms with Crippen molar-refractivity contribution in [3.05, 3.63) is 23.8 Å². The largest absolute Gasteiger partial charge is 0.478 e. The molecule has 1 N–H and O–H groups in total. The molecule has 5 heteroatoms. The fourth-order valence-electron chi connectivity index (χ4n) is 0.785. The van der Waals surface area contributed by atoms with Gasteiger partial charge in [-0.3, -0.25) is 0 Å². The minimum atomic E-state index is -0.973. The summed E-state index contributed by atoms with van der Waals surface area (Å²) in [5.74, 6) is -0.371. The summed E-state index contributed by atoms with van der Waals surface area (Å²) in [5, 5.41) is 8.70. The molecule has 0 aliphatic carbocycles. The average Bonchev–Trinajstić information content (AvgIpc) is 2.05. The molecular weight excluding hydrogens is 176 g/mol. The van der Waals surface area contributed by atoms with E-state index in [1.54, 1.807) is 0 Å². The van der Waals surface area contributed by atoms with Crippen molar-refractivity contribution in [1.82, 2.24) is 9.97 Å². The topological polar surface area (TPSA) is 63.1 Å². The number of rotatable bonds is 3. The smallest absolute Gasteiger partial charge is 0.339 e. The molecule has 0 saturated heterocycles. The maximum Gasteiger partial charge on any atom is 0.339 e. The van der Waals surface area contributed by atoms with Crippen LogP contribution in [0, 0.1) is 0 Å². The monoisotopic (exact) mass is 184 g/mol. The molecule has 64 valence electrons. The van der Waals surface area contributed by atoms with Gasteiger partial charge in [-0.25, -0.2) is 14.8 Å². The number of carboxylic acids is 1. The fraction of sp³-hybridized carbons (Fsp3) is 0.286. The third kappa shape index (κ3) is 1.94. The molecule has 1 heterocycles. The zero-order valence-corrected chi connectivity index (χ0v) is 7.34. The van der Waals surface area contributed by atoms with E-state index in [1.165, 1.54) is 24.3 Å². The van der Waals surface area contributed by atoms with Crippen LogP contribution in [0.4, 0.5) is 0 Å². The summed E-state index contributed by atoms with van der Waals surface area (Å²) >= 11 is 1.53. The zero-order chi connectivity index (χ0) is 8.97. The number of aromatic carboxylic acids is 1. The fourth-order valence-corrected chi connectivity index (χ4v) is 1.29. The highest BCUT2D eigenvalue weighted by molar-refractivity contribution is 7.97. The summed E-state index contributed by atoms with van der Waals surface area (Å²) in [6, 6.07) is 0. The van der Waals surface area contributed by atoms with E-state index in [0.717, 1.165) is 0 Å². The molecule has 0 aromatic carbocycles. The van der Waals surface area contributed by atoms with Crippen LogP contribution in [0.1, 0.15) is 16.1 Å². The third-order valence-corrected chi connectivity index (χ3v) is 1.87. The first kappa shape index (κ1) is 8.99. The molecule has 1 aromatic heterocycles. The van der Waals surface area contributed by atoms with Crippen LogP contribution in [0.5, 0.6) is 0 Å². The molecule has 0 atom stereocenters. The number of carbonyl (C=O) groups is 1. The molecule has 0 aliphatic heterocycles. The summed E-state index contributed by atoms with van der Waals surface area (Å²) in [6.45, 7) is 0. The Kier molecular flexibility index (Phi) is 3.04. The average molecular weight is 184 g/mol. The zero-order valence-electron chi connectivity index (χ0n) is 6.52. The first-order chi connectivity index (χ1) is 5.75. The van der Waals surface area contributed by atoms with Gasteiger partial charge in [0.05, 0.1) is 5.69 Å². The Morgan fingerprint density at radius 2 is 2.50 bits per heavy atom. The molecule has 1 aromatic rings. The minimum Gasteiger partial charge on any atom is -0.478 e. The van der Waals surface area contributed by atoms with Gasteiger partial charge in [-0.2, -0.15) is 11.8 Å². The van der Waals surface area contributed by atoms with Gasteiger partial charge >= 0.3 is 5.97 Å². The van der Waals surface area contributed by atoms with Crippen LogP contribution in [-0.2, 0) is 5.75 Å². The van der Waals surface area contributed by atoms with Crippen LogP contribution in [0.2, 0.25) is 0 Å². The number of carboxylic acid groups (broad SMARTS) is 1. The Balaban J connectivity index is 3.00. The van der Waals surface area contributed by atoms with E-state index in [9.17, 15) is 4.79 Å². The van der Waals surface area contributed by atoms with Crippen molar-refractivity contribution in [1.29, 1.82) is 0 Å². The van der Waals surface area contributed by atoms with Crippen molar-refractivity contribution in [2.45, 2.75) is 5.75 Å². The van der Waals surface area contributed by atoms with Crippen molar-refractivity contribution in [2.75, 3.05) is 6.26 Å². The second-order valence-corrected chi connectivity index (χ2v) is 2.99. The maximum absolute atomic E-state index is 10.6. The van der Waals surface area contributed by atoms with E-state index in [1.807, 2.05) is 6.26 Å². The van der Waals surface area contributed by atoms with Crippen LogP contribution in [-0.4, -0.2) is 27.3 Å². The van der Waals surface area contributed by atoms with Gasteiger partial charge in [0.1, 0.15) is 11.9 Å². The van der Waals surface area contributed by atoms with E-state index in [-0.39, 0.29) is 5.56 Å². The molecule has 0 aliphatic rings. The molecule has 0 amide bonds. The van der Waals surface area contributed by atoms with Crippen molar-refractivity contribution in [3.8, 4) is 0 Å². The standard InChI is InChI=1S/C7H8N2O2S/c1-12-3-6-5(7(10)11)2-8-4-9-6/h2,4H,3H2,1H3,(H,10,11). The van der Waals surface area contributed by atoms with Crippen LogP contribution in [0.3, 0.4) is 0 Å². The first-order valence-corrected chi connectivity index (χ1v) is 4.66. The van der Waals surface area contributed by atoms with E-state index in [0.29, 0.717) is 11.4 Å². The van der Waals surface area contributed by atoms with Gasteiger partial charge in [0.2, 0.25) is 0 Å². The van der Waals surface area contributed by atoms with Gasteiger partial charge < -0.3 is 5.11 Å². The quantitative estimate of drug-likeness (QED) is 0.760. The Hall–Kier alpha value is -1.10. The highest BCUT2D eigenvalue weighted by Gasteiger charge is 2.09. The van der Waals surface area contributed by atoms with Crippen LogP contribution >= 0.6 is 11.8 Å². The van der Waals surface area contributed by atoms with Crippen molar-refractivity contribution in [2.24, 2.45) is 0 Å². The van der Waals surface area contributed by atoms with Gasteiger partial charge in [-0.1, -0.05) is 0 Å². The predicted molar refractivity (Wildman–Crippen MR) is 46.2 cm³/mol. The second-order valence-electron chi connectivity index (χ2n) is 2.12. The summed E-state index contributed by atoms with van der Waals surface area (Å²) in [7, 11) is 0. The number of hydrogen-bond acceptors (Lipinski definition) is 4. The van der Waals surface area contributed by atoms with Crippen LogP contribution < -0.4 is 0 Å². The minimum absolute atomic E-state index is 0.187. The van der Waals surface area contributed by atoms with E-state index in [2.05, 4.69) is 9.97 Å². The number of hydrogen-bond donors (Lipinski definition) is 1. The van der Waals surface area contributed by atoms with E-state index >= 15 is 0 Å². The highest BCUT2D eigenvalue weighted by atomic mass is 32.2. The Morgan fingerprint density at radius 3 is 3.08 bits per heavy atom. The molecular formula is C7H8N2O2S. The van der Waals surface area contributed by atoms with Crippen LogP contribution in [0.15, 0.2) is 12.5 Å². The number of thioether (sulfide) groups is 1. The molecule has 12 heavy (non-hydrogen) atoms. The molecule has 0 bridgehead atoms. The number of nitrogens with zero attached hydrogens (tertiary/aromatic N) is 2. The lowest BCUT2D eigenvalue weighted by Crippen LogP contribution is -2.04. The molecule has 0 radical (unpaired) electrons. The Bertz CT molecular complexity index is 290. The third-order valence-electron chi connectivity index (χ3n) is 1.31. The lowest BCUT2D eigenvalue weighted by molar-refractivity contribution is 0.0695. The van der Waals surface area contributed by atoms with Gasteiger partial charge in [-0.15, -0.1) is 0 Å². The summed E-state index contributed by atoms with van der Waals surface area (Å²) < 4.78 is 0. The van der Waals surface area contributed by atoms with Gasteiger partial charge in [-0.05, 0) is 6.26 Å². The van der Waals surface area contributed by atoms with E-state index < -0.39 is 5.97 Å². The first-order valence-electron chi connectivity index (χ1n) is 3.27. The molecule has 0 saturated carbocycles. The van der Waals surface area contributed by atoms with Crippen molar-refractivity contribution >= 4 is 17.7 Å². The lowest BCUT2D eigenvalue weighted by Gasteiger charge is -2.00. The molecule has 4 nitrogen and oxygen atoms in total. The van der Waals surface area contributed by atoms with Gasteiger partial charge in [0, 0.05) is 11.9 Å². The summed E-state index contributed by atoms with van der Waals surface area (Å²) in [6.07, 6.45) is 4.58. The van der Waals surface area contributed by atoms with Gasteiger partial charge in [0.15, 0.2) is 0 Å². The van der Waals surface area contributed by atoms with Gasteiger partial charge in [0.25, 0.3) is 0 Å². The summed E-state index contributed by atoms with van der Waals surface area (Å²) in [5.41, 5.74) is 0.761. The Labute approximate surface area is 74.0 Å². The maximum atomic E-state index is 10.6. The molecule has 1 rings (SSSR count). The summed E-state index contributed by atoms with van der Waals surface area (Å²) in [4.78, 5) is 18.1. The Morgan fingerprint density at radius 1 is 1.75 bits per heavy atom. The van der Waals surface area contributed by atoms with Crippen molar-refractivity contribution in [3.63, 3.8) is 0 Å². The molecule has 0 unspecified atom stereocenters. The SMILES string of the molecule is CSCc1ncncc1C(=O)O. The lowest BCUT2D eigenvalue weighted by atomic mass is 10.2.